The largest absolute Gasteiger partial charge is 0.352 e. The number of hydrogen-bond acceptors (Lipinski definition) is 5. The van der Waals surface area contributed by atoms with Crippen LogP contribution in [0, 0.1) is 11.8 Å². The van der Waals surface area contributed by atoms with Crippen molar-refractivity contribution < 1.29 is 13.2 Å². The maximum absolute atomic E-state index is 13.6. The fourth-order valence-electron chi connectivity index (χ4n) is 5.67. The molecule has 0 unspecified atom stereocenters. The Bertz CT molecular complexity index is 1540. The monoisotopic (exact) mass is 580 g/mol. The number of carbonyl (C=O) groups is 1. The lowest BCUT2D eigenvalue weighted by atomic mass is 10.0. The molecule has 0 saturated carbocycles. The zero-order chi connectivity index (χ0) is 29.7. The van der Waals surface area contributed by atoms with Crippen LogP contribution < -0.4 is 10.7 Å². The molecule has 1 aliphatic heterocycles. The average Bonchev–Trinajstić information content (AvgIpc) is 2.94. The van der Waals surface area contributed by atoms with Gasteiger partial charge in [-0.2, -0.15) is 4.31 Å². The molecule has 222 valence electrons. The first-order valence-corrected chi connectivity index (χ1v) is 16.2. The molecule has 1 N–H and O–H groups in total. The highest BCUT2D eigenvalue weighted by Gasteiger charge is 2.29. The lowest BCUT2D eigenvalue weighted by molar-refractivity contribution is 0.0949. The number of carbonyl (C=O) groups excluding carboxylic acids is 1. The number of rotatable bonds is 12. The van der Waals surface area contributed by atoms with Gasteiger partial charge in [-0.25, -0.2) is 8.42 Å². The highest BCUT2D eigenvalue weighted by atomic mass is 32.2. The van der Waals surface area contributed by atoms with Crippen molar-refractivity contribution in [3.05, 3.63) is 75.6 Å². The summed E-state index contributed by atoms with van der Waals surface area (Å²) in [6.07, 6.45) is 3.00. The van der Waals surface area contributed by atoms with Crippen LogP contribution in [-0.2, 0) is 29.5 Å². The normalized spacial score (nSPS) is 14.2. The molecule has 0 radical (unpaired) electrons. The van der Waals surface area contributed by atoms with E-state index in [4.69, 9.17) is 0 Å². The summed E-state index contributed by atoms with van der Waals surface area (Å²) < 4.78 is 30.5. The van der Waals surface area contributed by atoms with E-state index in [-0.39, 0.29) is 15.8 Å². The van der Waals surface area contributed by atoms with E-state index in [1.807, 2.05) is 35.8 Å². The Kier molecular flexibility index (Phi) is 10.0. The predicted molar refractivity (Wildman–Crippen MR) is 165 cm³/mol. The quantitative estimate of drug-likeness (QED) is 0.319. The number of benzene rings is 2. The Balaban J connectivity index is 1.54. The van der Waals surface area contributed by atoms with Gasteiger partial charge < -0.3 is 14.8 Å². The van der Waals surface area contributed by atoms with E-state index in [0.717, 1.165) is 37.2 Å². The number of aryl methyl sites for hydroxylation is 1. The van der Waals surface area contributed by atoms with Gasteiger partial charge in [-0.15, -0.1) is 0 Å². The highest BCUT2D eigenvalue weighted by Crippen LogP contribution is 2.26. The van der Waals surface area contributed by atoms with Gasteiger partial charge in [0.2, 0.25) is 15.5 Å². The summed E-state index contributed by atoms with van der Waals surface area (Å²) in [4.78, 5) is 29.2. The van der Waals surface area contributed by atoms with Crippen LogP contribution in [0.5, 0.6) is 0 Å². The molecule has 0 atom stereocenters. The van der Waals surface area contributed by atoms with Crippen LogP contribution in [0.3, 0.4) is 0 Å². The van der Waals surface area contributed by atoms with Crippen molar-refractivity contribution in [2.75, 3.05) is 32.7 Å². The first-order chi connectivity index (χ1) is 19.5. The fraction of sp³-hybridized carbons (Fsp3) is 0.500. The minimum absolute atomic E-state index is 0.0296. The van der Waals surface area contributed by atoms with Crippen molar-refractivity contribution in [1.29, 1.82) is 0 Å². The highest BCUT2D eigenvalue weighted by molar-refractivity contribution is 7.89. The number of fused-ring (bicyclic) bond motifs is 2. The summed E-state index contributed by atoms with van der Waals surface area (Å²) in [6.45, 7) is 15.3. The van der Waals surface area contributed by atoms with Crippen LogP contribution in [0.25, 0.3) is 10.9 Å². The summed E-state index contributed by atoms with van der Waals surface area (Å²) in [6, 6.07) is 12.5. The first kappa shape index (κ1) is 30.9. The van der Waals surface area contributed by atoms with Gasteiger partial charge in [-0.1, -0.05) is 52.0 Å². The first-order valence-electron chi connectivity index (χ1n) is 14.8. The predicted octanol–water partition coefficient (Wildman–Crippen LogP) is 4.50. The Morgan fingerprint density at radius 2 is 1.71 bits per heavy atom. The number of nitrogens with one attached hydrogen (secondary N) is 1. The molecule has 9 heteroatoms. The standard InChI is InChI=1S/C32H44N4O4S/c1-6-35-22-29(32(38)33-15-9-16-34(19-23(2)3)20-24(4)5)31(37)28-18-27(12-13-30(28)35)41(39,40)36-17-14-25-10-7-8-11-26(25)21-36/h7-8,10-13,18,22-24H,6,9,14-17,19-21H2,1-5H3,(H,33,38). The summed E-state index contributed by atoms with van der Waals surface area (Å²) in [5, 5.41) is 3.15. The maximum Gasteiger partial charge on any atom is 0.256 e. The lowest BCUT2D eigenvalue weighted by Gasteiger charge is -2.28. The Labute approximate surface area is 244 Å². The minimum Gasteiger partial charge on any atom is -0.352 e. The molecule has 41 heavy (non-hydrogen) atoms. The van der Waals surface area contributed by atoms with E-state index in [0.29, 0.717) is 50.0 Å². The van der Waals surface area contributed by atoms with Crippen molar-refractivity contribution in [2.24, 2.45) is 11.8 Å². The van der Waals surface area contributed by atoms with Gasteiger partial charge >= 0.3 is 0 Å². The zero-order valence-electron chi connectivity index (χ0n) is 25.0. The third kappa shape index (κ3) is 7.26. The SMILES string of the molecule is CCn1cc(C(=O)NCCCN(CC(C)C)CC(C)C)c(=O)c2cc(S(=O)(=O)N3CCc4ccccc4C3)ccc21. The third-order valence-electron chi connectivity index (χ3n) is 7.55. The molecule has 0 bridgehead atoms. The summed E-state index contributed by atoms with van der Waals surface area (Å²) in [5.41, 5.74) is 2.33. The summed E-state index contributed by atoms with van der Waals surface area (Å²) >= 11 is 0. The van der Waals surface area contributed by atoms with Gasteiger partial charge in [0.15, 0.2) is 0 Å². The number of nitrogens with zero attached hydrogens (tertiary/aromatic N) is 3. The molecule has 0 spiro atoms. The van der Waals surface area contributed by atoms with Crippen LogP contribution >= 0.6 is 0 Å². The van der Waals surface area contributed by atoms with E-state index >= 15 is 0 Å². The molecule has 4 rings (SSSR count). The van der Waals surface area contributed by atoms with E-state index in [1.165, 1.54) is 10.4 Å². The van der Waals surface area contributed by atoms with Gasteiger partial charge in [0.25, 0.3) is 5.91 Å². The average molecular weight is 581 g/mol. The number of amides is 1. The number of hydrogen-bond donors (Lipinski definition) is 1. The Hall–Kier alpha value is -3.01. The van der Waals surface area contributed by atoms with Gasteiger partial charge in [0.1, 0.15) is 5.56 Å². The molecule has 3 aromatic rings. The van der Waals surface area contributed by atoms with Gasteiger partial charge in [0, 0.05) is 50.9 Å². The van der Waals surface area contributed by atoms with Crippen molar-refractivity contribution in [3.63, 3.8) is 0 Å². The van der Waals surface area contributed by atoms with Crippen molar-refractivity contribution >= 4 is 26.8 Å². The third-order valence-corrected chi connectivity index (χ3v) is 9.39. The summed E-state index contributed by atoms with van der Waals surface area (Å²) in [5.74, 6) is 0.694. The minimum atomic E-state index is -3.83. The van der Waals surface area contributed by atoms with Crippen LogP contribution in [0.4, 0.5) is 0 Å². The molecular weight excluding hydrogens is 536 g/mol. The van der Waals surface area contributed by atoms with E-state index in [1.54, 1.807) is 18.3 Å². The number of aromatic nitrogens is 1. The number of pyridine rings is 1. The molecule has 0 fully saturated rings. The molecular formula is C32H44N4O4S. The van der Waals surface area contributed by atoms with Gasteiger partial charge in [0.05, 0.1) is 10.4 Å². The zero-order valence-corrected chi connectivity index (χ0v) is 25.8. The van der Waals surface area contributed by atoms with Crippen LogP contribution in [0.1, 0.15) is 62.5 Å². The Morgan fingerprint density at radius 3 is 2.37 bits per heavy atom. The second-order valence-corrected chi connectivity index (χ2v) is 13.8. The Morgan fingerprint density at radius 1 is 1.02 bits per heavy atom. The lowest BCUT2D eigenvalue weighted by Crippen LogP contribution is -2.36. The second kappa shape index (κ2) is 13.3. The fourth-order valence-corrected chi connectivity index (χ4v) is 7.12. The summed E-state index contributed by atoms with van der Waals surface area (Å²) in [7, 11) is -3.83. The van der Waals surface area contributed by atoms with Crippen LogP contribution in [-0.4, -0.2) is 60.8 Å². The van der Waals surface area contributed by atoms with E-state index in [2.05, 4.69) is 37.9 Å². The molecule has 1 aliphatic rings. The van der Waals surface area contributed by atoms with Crippen molar-refractivity contribution in [2.45, 2.75) is 65.4 Å². The maximum atomic E-state index is 13.6. The van der Waals surface area contributed by atoms with Gasteiger partial charge in [-0.3, -0.25) is 9.59 Å². The topological polar surface area (TPSA) is 91.7 Å². The van der Waals surface area contributed by atoms with Gasteiger partial charge in [-0.05, 0) is 67.5 Å². The van der Waals surface area contributed by atoms with Crippen LogP contribution in [0.15, 0.2) is 58.4 Å². The number of sulfonamides is 1. The second-order valence-electron chi connectivity index (χ2n) is 11.9. The van der Waals surface area contributed by atoms with E-state index < -0.39 is 21.4 Å². The molecule has 0 aliphatic carbocycles. The van der Waals surface area contributed by atoms with Crippen molar-refractivity contribution in [1.82, 2.24) is 19.1 Å². The molecule has 1 amide bonds. The van der Waals surface area contributed by atoms with Crippen molar-refractivity contribution in [3.8, 4) is 0 Å². The van der Waals surface area contributed by atoms with Crippen LogP contribution in [0.2, 0.25) is 0 Å². The molecule has 0 saturated heterocycles. The van der Waals surface area contributed by atoms with E-state index in [9.17, 15) is 18.0 Å². The smallest absolute Gasteiger partial charge is 0.256 e. The molecule has 1 aromatic heterocycles. The molecule has 2 heterocycles. The molecule has 2 aromatic carbocycles. The molecule has 8 nitrogen and oxygen atoms in total.